The standard InChI is InChI=1S/C14H22N2O2S/c1-11-5-4-7-13(9-11)19(17,18)16-10-12-6-2-3-8-14(12)15/h4-5,7,9,12,14,16H,2-3,6,8,10,15H2,1H3. The van der Waals surface area contributed by atoms with Gasteiger partial charge in [-0.2, -0.15) is 0 Å². The molecule has 0 bridgehead atoms. The highest BCUT2D eigenvalue weighted by Crippen LogP contribution is 2.22. The van der Waals surface area contributed by atoms with Crippen molar-refractivity contribution in [3.8, 4) is 0 Å². The highest BCUT2D eigenvalue weighted by atomic mass is 32.2. The number of aryl methyl sites for hydroxylation is 1. The van der Waals surface area contributed by atoms with Gasteiger partial charge in [0.15, 0.2) is 0 Å². The molecule has 2 rings (SSSR count). The molecule has 19 heavy (non-hydrogen) atoms. The van der Waals surface area contributed by atoms with Crippen LogP contribution < -0.4 is 10.5 Å². The highest BCUT2D eigenvalue weighted by molar-refractivity contribution is 7.89. The number of sulfonamides is 1. The Labute approximate surface area is 115 Å². The molecule has 1 fully saturated rings. The summed E-state index contributed by atoms with van der Waals surface area (Å²) in [7, 11) is -3.41. The Bertz CT molecular complexity index is 528. The number of nitrogens with two attached hydrogens (primary N) is 1. The van der Waals surface area contributed by atoms with Gasteiger partial charge in [0.1, 0.15) is 0 Å². The quantitative estimate of drug-likeness (QED) is 0.884. The molecular formula is C14H22N2O2S. The van der Waals surface area contributed by atoms with Crippen molar-refractivity contribution < 1.29 is 8.42 Å². The van der Waals surface area contributed by atoms with Crippen molar-refractivity contribution in [2.24, 2.45) is 11.7 Å². The van der Waals surface area contributed by atoms with Crippen molar-refractivity contribution in [1.82, 2.24) is 4.72 Å². The molecule has 0 aromatic heterocycles. The van der Waals surface area contributed by atoms with Crippen molar-refractivity contribution in [3.05, 3.63) is 29.8 Å². The average molecular weight is 282 g/mol. The molecule has 106 valence electrons. The second kappa shape index (κ2) is 6.03. The molecule has 1 aromatic rings. The molecule has 2 atom stereocenters. The Morgan fingerprint density at radius 3 is 2.74 bits per heavy atom. The molecule has 1 aromatic carbocycles. The van der Waals surface area contributed by atoms with Gasteiger partial charge in [-0.1, -0.05) is 25.0 Å². The molecule has 0 aliphatic heterocycles. The monoisotopic (exact) mass is 282 g/mol. The molecule has 0 heterocycles. The molecule has 0 radical (unpaired) electrons. The van der Waals surface area contributed by atoms with E-state index in [1.54, 1.807) is 18.2 Å². The van der Waals surface area contributed by atoms with E-state index in [2.05, 4.69) is 4.72 Å². The van der Waals surface area contributed by atoms with E-state index < -0.39 is 10.0 Å². The van der Waals surface area contributed by atoms with Crippen LogP contribution in [0.5, 0.6) is 0 Å². The van der Waals surface area contributed by atoms with E-state index in [4.69, 9.17) is 5.73 Å². The van der Waals surface area contributed by atoms with Crippen molar-refractivity contribution in [3.63, 3.8) is 0 Å². The van der Waals surface area contributed by atoms with Gasteiger partial charge in [-0.15, -0.1) is 0 Å². The van der Waals surface area contributed by atoms with Crippen LogP contribution in [0.15, 0.2) is 29.2 Å². The summed E-state index contributed by atoms with van der Waals surface area (Å²) in [5.41, 5.74) is 6.98. The SMILES string of the molecule is Cc1cccc(S(=O)(=O)NCC2CCCCC2N)c1. The molecule has 0 spiro atoms. The molecule has 1 saturated carbocycles. The molecule has 4 nitrogen and oxygen atoms in total. The average Bonchev–Trinajstić information content (AvgIpc) is 2.38. The first-order valence-electron chi connectivity index (χ1n) is 6.81. The van der Waals surface area contributed by atoms with E-state index in [1.165, 1.54) is 0 Å². The van der Waals surface area contributed by atoms with Crippen molar-refractivity contribution in [1.29, 1.82) is 0 Å². The van der Waals surface area contributed by atoms with Crippen LogP contribution in [-0.2, 0) is 10.0 Å². The smallest absolute Gasteiger partial charge is 0.240 e. The first-order chi connectivity index (χ1) is 8.99. The third-order valence-electron chi connectivity index (χ3n) is 3.80. The molecule has 1 aliphatic carbocycles. The lowest BCUT2D eigenvalue weighted by atomic mass is 9.85. The van der Waals surface area contributed by atoms with Gasteiger partial charge in [0, 0.05) is 12.6 Å². The van der Waals surface area contributed by atoms with E-state index in [0.29, 0.717) is 11.4 Å². The van der Waals surface area contributed by atoms with Gasteiger partial charge in [0.25, 0.3) is 0 Å². The zero-order valence-electron chi connectivity index (χ0n) is 11.3. The lowest BCUT2D eigenvalue weighted by Crippen LogP contribution is -2.41. The Morgan fingerprint density at radius 2 is 2.05 bits per heavy atom. The van der Waals surface area contributed by atoms with Gasteiger partial charge < -0.3 is 5.73 Å². The molecule has 0 amide bonds. The molecule has 3 N–H and O–H groups in total. The van der Waals surface area contributed by atoms with E-state index in [9.17, 15) is 8.42 Å². The Hall–Kier alpha value is -0.910. The van der Waals surface area contributed by atoms with Crippen molar-refractivity contribution in [2.75, 3.05) is 6.54 Å². The molecule has 2 unspecified atom stereocenters. The van der Waals surface area contributed by atoms with Gasteiger partial charge in [0.2, 0.25) is 10.0 Å². The van der Waals surface area contributed by atoms with Gasteiger partial charge in [-0.05, 0) is 43.4 Å². The fraction of sp³-hybridized carbons (Fsp3) is 0.571. The molecule has 0 saturated heterocycles. The van der Waals surface area contributed by atoms with Crippen molar-refractivity contribution >= 4 is 10.0 Å². The van der Waals surface area contributed by atoms with E-state index in [0.717, 1.165) is 31.2 Å². The fourth-order valence-corrected chi connectivity index (χ4v) is 3.77. The van der Waals surface area contributed by atoms with Crippen molar-refractivity contribution in [2.45, 2.75) is 43.5 Å². The van der Waals surface area contributed by atoms with Gasteiger partial charge in [-0.25, -0.2) is 13.1 Å². The number of hydrogen-bond donors (Lipinski definition) is 2. The summed E-state index contributed by atoms with van der Waals surface area (Å²) in [6, 6.07) is 7.07. The predicted octanol–water partition coefficient (Wildman–Crippen LogP) is 1.79. The summed E-state index contributed by atoms with van der Waals surface area (Å²) in [6.45, 7) is 2.33. The third kappa shape index (κ3) is 3.78. The van der Waals surface area contributed by atoms with E-state index in [1.807, 2.05) is 13.0 Å². The summed E-state index contributed by atoms with van der Waals surface area (Å²) < 4.78 is 27.1. The Kier molecular flexibility index (Phi) is 4.60. The summed E-state index contributed by atoms with van der Waals surface area (Å²) >= 11 is 0. The van der Waals surface area contributed by atoms with Crippen LogP contribution in [0.3, 0.4) is 0 Å². The largest absolute Gasteiger partial charge is 0.327 e. The first-order valence-corrected chi connectivity index (χ1v) is 8.29. The summed E-state index contributed by atoms with van der Waals surface area (Å²) in [6.07, 6.45) is 4.31. The fourth-order valence-electron chi connectivity index (χ4n) is 2.57. The maximum atomic E-state index is 12.2. The van der Waals surface area contributed by atoms with Gasteiger partial charge in [0.05, 0.1) is 4.90 Å². The first kappa shape index (κ1) is 14.5. The maximum Gasteiger partial charge on any atom is 0.240 e. The number of hydrogen-bond acceptors (Lipinski definition) is 3. The van der Waals surface area contributed by atoms with Crippen LogP contribution in [-0.4, -0.2) is 21.0 Å². The van der Waals surface area contributed by atoms with Crippen LogP contribution in [0, 0.1) is 12.8 Å². The minimum Gasteiger partial charge on any atom is -0.327 e. The summed E-state index contributed by atoms with van der Waals surface area (Å²) in [5, 5.41) is 0. The number of rotatable bonds is 4. The van der Waals surface area contributed by atoms with Crippen LogP contribution in [0.1, 0.15) is 31.2 Å². The molecular weight excluding hydrogens is 260 g/mol. The normalized spacial score (nSPS) is 24.3. The topological polar surface area (TPSA) is 72.2 Å². The Morgan fingerprint density at radius 1 is 1.32 bits per heavy atom. The van der Waals surface area contributed by atoms with Gasteiger partial charge >= 0.3 is 0 Å². The lowest BCUT2D eigenvalue weighted by Gasteiger charge is -2.28. The number of nitrogens with one attached hydrogen (secondary N) is 1. The van der Waals surface area contributed by atoms with E-state index in [-0.39, 0.29) is 12.0 Å². The minimum absolute atomic E-state index is 0.119. The highest BCUT2D eigenvalue weighted by Gasteiger charge is 2.24. The second-order valence-electron chi connectivity index (χ2n) is 5.38. The molecule has 1 aliphatic rings. The minimum atomic E-state index is -3.41. The molecule has 5 heteroatoms. The predicted molar refractivity (Wildman–Crippen MR) is 76.3 cm³/mol. The van der Waals surface area contributed by atoms with Crippen LogP contribution in [0.4, 0.5) is 0 Å². The lowest BCUT2D eigenvalue weighted by molar-refractivity contribution is 0.308. The zero-order valence-corrected chi connectivity index (χ0v) is 12.1. The maximum absolute atomic E-state index is 12.2. The third-order valence-corrected chi connectivity index (χ3v) is 5.22. The second-order valence-corrected chi connectivity index (χ2v) is 7.14. The summed E-state index contributed by atoms with van der Waals surface area (Å²) in [5.74, 6) is 0.258. The van der Waals surface area contributed by atoms with Gasteiger partial charge in [-0.3, -0.25) is 0 Å². The van der Waals surface area contributed by atoms with Crippen LogP contribution in [0.25, 0.3) is 0 Å². The van der Waals surface area contributed by atoms with Crippen LogP contribution in [0.2, 0.25) is 0 Å². The number of benzene rings is 1. The zero-order chi connectivity index (χ0) is 13.9. The van der Waals surface area contributed by atoms with Crippen LogP contribution >= 0.6 is 0 Å². The van der Waals surface area contributed by atoms with E-state index >= 15 is 0 Å². The Balaban J connectivity index is 2.01. The summed E-state index contributed by atoms with van der Waals surface area (Å²) in [4.78, 5) is 0.330.